The quantitative estimate of drug-likeness (QED) is 0.496. The lowest BCUT2D eigenvalue weighted by molar-refractivity contribution is -0.118. The van der Waals surface area contributed by atoms with E-state index >= 15 is 0 Å². The molecule has 0 radical (unpaired) electrons. The molecular formula is C20H19NO5S. The summed E-state index contributed by atoms with van der Waals surface area (Å²) in [4.78, 5) is 37.9. The first-order valence-corrected chi connectivity index (χ1v) is 9.80. The van der Waals surface area contributed by atoms with Gasteiger partial charge in [-0.1, -0.05) is 6.42 Å². The van der Waals surface area contributed by atoms with E-state index in [9.17, 15) is 14.4 Å². The van der Waals surface area contributed by atoms with Crippen LogP contribution < -0.4 is 10.1 Å². The number of amides is 1. The summed E-state index contributed by atoms with van der Waals surface area (Å²) < 4.78 is 10.5. The van der Waals surface area contributed by atoms with Crippen LogP contribution in [0.1, 0.15) is 49.7 Å². The number of benzene rings is 1. The van der Waals surface area contributed by atoms with Crippen LogP contribution >= 0.6 is 11.3 Å². The molecule has 0 atom stereocenters. The van der Waals surface area contributed by atoms with Crippen LogP contribution in [-0.2, 0) is 22.4 Å². The highest BCUT2D eigenvalue weighted by Crippen LogP contribution is 2.30. The Bertz CT molecular complexity index is 894. The molecule has 0 spiro atoms. The molecule has 1 aliphatic heterocycles. The summed E-state index contributed by atoms with van der Waals surface area (Å²) in [6, 6.07) is 6.67. The normalized spacial score (nSPS) is 15.6. The van der Waals surface area contributed by atoms with Crippen molar-refractivity contribution in [2.45, 2.75) is 32.1 Å². The Morgan fingerprint density at radius 3 is 2.89 bits per heavy atom. The first-order chi connectivity index (χ1) is 13.1. The Morgan fingerprint density at radius 1 is 1.15 bits per heavy atom. The number of hydrogen-bond acceptors (Lipinski definition) is 6. The average Bonchev–Trinajstić information content (AvgIpc) is 2.96. The van der Waals surface area contributed by atoms with E-state index in [4.69, 9.17) is 9.47 Å². The van der Waals surface area contributed by atoms with Crippen LogP contribution in [0, 0.1) is 0 Å². The molecular weight excluding hydrogens is 366 g/mol. The van der Waals surface area contributed by atoms with Gasteiger partial charge in [0.25, 0.3) is 5.91 Å². The second kappa shape index (κ2) is 7.52. The lowest BCUT2D eigenvalue weighted by Gasteiger charge is -2.18. The number of thiophene rings is 1. The number of Topliss-reactive ketones (excluding diaryl/α,β-unsaturated/α-hetero) is 1. The number of carbonyl (C=O) groups is 3. The smallest absolute Gasteiger partial charge is 0.348 e. The topological polar surface area (TPSA) is 81.7 Å². The van der Waals surface area contributed by atoms with E-state index in [-0.39, 0.29) is 24.9 Å². The van der Waals surface area contributed by atoms with Crippen molar-refractivity contribution >= 4 is 34.7 Å². The summed E-state index contributed by atoms with van der Waals surface area (Å²) in [5, 5.41) is 2.66. The van der Waals surface area contributed by atoms with E-state index in [0.29, 0.717) is 21.9 Å². The SMILES string of the molecule is O=C1COc2ccc(C(=O)COC(=O)c3cc4c(s3)CCCCC4)cc2N1. The third-order valence-corrected chi connectivity index (χ3v) is 5.93. The Labute approximate surface area is 160 Å². The van der Waals surface area contributed by atoms with Crippen LogP contribution in [-0.4, -0.2) is 30.9 Å². The molecule has 1 N–H and O–H groups in total. The van der Waals surface area contributed by atoms with Gasteiger partial charge in [0.05, 0.1) is 5.69 Å². The minimum absolute atomic E-state index is 0.0390. The van der Waals surface area contributed by atoms with Gasteiger partial charge in [0.15, 0.2) is 19.0 Å². The number of hydrogen-bond donors (Lipinski definition) is 1. The number of rotatable bonds is 4. The molecule has 1 amide bonds. The maximum absolute atomic E-state index is 12.4. The fourth-order valence-corrected chi connectivity index (χ4v) is 4.46. The Balaban J connectivity index is 1.40. The van der Waals surface area contributed by atoms with Crippen LogP contribution in [0.25, 0.3) is 0 Å². The van der Waals surface area contributed by atoms with Crippen molar-refractivity contribution in [1.82, 2.24) is 0 Å². The van der Waals surface area contributed by atoms with E-state index in [1.807, 2.05) is 6.07 Å². The van der Waals surface area contributed by atoms with Gasteiger partial charge >= 0.3 is 5.97 Å². The highest BCUT2D eigenvalue weighted by atomic mass is 32.1. The lowest BCUT2D eigenvalue weighted by Crippen LogP contribution is -2.25. The third kappa shape index (κ3) is 3.88. The van der Waals surface area contributed by atoms with Gasteiger partial charge in [-0.25, -0.2) is 4.79 Å². The summed E-state index contributed by atoms with van der Waals surface area (Å²) in [7, 11) is 0. The lowest BCUT2D eigenvalue weighted by atomic mass is 10.1. The number of ketones is 1. The Hall–Kier alpha value is -2.67. The average molecular weight is 385 g/mol. The molecule has 1 aromatic carbocycles. The molecule has 1 aliphatic carbocycles. The summed E-state index contributed by atoms with van der Waals surface area (Å²) >= 11 is 1.47. The number of esters is 1. The second-order valence-corrected chi connectivity index (χ2v) is 7.80. The van der Waals surface area contributed by atoms with Crippen molar-refractivity contribution in [3.8, 4) is 5.75 Å². The van der Waals surface area contributed by atoms with E-state index in [0.717, 1.165) is 25.7 Å². The first kappa shape index (κ1) is 17.7. The van der Waals surface area contributed by atoms with Crippen molar-refractivity contribution in [3.05, 3.63) is 45.1 Å². The molecule has 140 valence electrons. The van der Waals surface area contributed by atoms with Gasteiger partial charge in [-0.05, 0) is 55.5 Å². The monoisotopic (exact) mass is 385 g/mol. The summed E-state index contributed by atoms with van der Waals surface area (Å²) in [5.41, 5.74) is 2.04. The molecule has 2 aliphatic rings. The minimum atomic E-state index is -0.462. The maximum atomic E-state index is 12.4. The van der Waals surface area contributed by atoms with Crippen molar-refractivity contribution < 1.29 is 23.9 Å². The molecule has 0 saturated heterocycles. The molecule has 27 heavy (non-hydrogen) atoms. The van der Waals surface area contributed by atoms with E-state index in [1.54, 1.807) is 12.1 Å². The highest BCUT2D eigenvalue weighted by molar-refractivity contribution is 7.14. The minimum Gasteiger partial charge on any atom is -0.482 e. The highest BCUT2D eigenvalue weighted by Gasteiger charge is 2.20. The molecule has 1 aromatic heterocycles. The van der Waals surface area contributed by atoms with Crippen LogP contribution in [0.3, 0.4) is 0 Å². The zero-order valence-corrected chi connectivity index (χ0v) is 15.5. The van der Waals surface area contributed by atoms with Gasteiger partial charge in [0.2, 0.25) is 0 Å². The van der Waals surface area contributed by atoms with Crippen LogP contribution in [0.4, 0.5) is 5.69 Å². The number of anilines is 1. The van der Waals surface area contributed by atoms with Crippen LogP contribution in [0.2, 0.25) is 0 Å². The number of nitrogens with one attached hydrogen (secondary N) is 1. The zero-order valence-electron chi connectivity index (χ0n) is 14.7. The van der Waals surface area contributed by atoms with Crippen molar-refractivity contribution in [2.75, 3.05) is 18.5 Å². The number of ether oxygens (including phenoxy) is 2. The van der Waals surface area contributed by atoms with Gasteiger partial charge in [0.1, 0.15) is 10.6 Å². The van der Waals surface area contributed by atoms with Crippen molar-refractivity contribution in [2.24, 2.45) is 0 Å². The van der Waals surface area contributed by atoms with Crippen molar-refractivity contribution in [1.29, 1.82) is 0 Å². The van der Waals surface area contributed by atoms with E-state index in [2.05, 4.69) is 5.32 Å². The predicted molar refractivity (Wildman–Crippen MR) is 101 cm³/mol. The van der Waals surface area contributed by atoms with Gasteiger partial charge < -0.3 is 14.8 Å². The van der Waals surface area contributed by atoms with Gasteiger partial charge in [0, 0.05) is 10.4 Å². The molecule has 6 nitrogen and oxygen atoms in total. The molecule has 0 bridgehead atoms. The number of fused-ring (bicyclic) bond motifs is 2. The molecule has 0 fully saturated rings. The molecule has 2 aromatic rings. The second-order valence-electron chi connectivity index (χ2n) is 6.67. The number of aryl methyl sites for hydroxylation is 2. The molecule has 4 rings (SSSR count). The van der Waals surface area contributed by atoms with Crippen LogP contribution in [0.15, 0.2) is 24.3 Å². The Morgan fingerprint density at radius 2 is 2.00 bits per heavy atom. The Kier molecular flexibility index (Phi) is 4.94. The third-order valence-electron chi connectivity index (χ3n) is 4.72. The van der Waals surface area contributed by atoms with E-state index in [1.165, 1.54) is 34.3 Å². The predicted octanol–water partition coefficient (Wildman–Crippen LogP) is 3.39. The molecule has 2 heterocycles. The summed E-state index contributed by atoms with van der Waals surface area (Å²) in [5.74, 6) is -0.542. The fraction of sp³-hybridized carbons (Fsp3) is 0.350. The molecule has 7 heteroatoms. The van der Waals surface area contributed by atoms with Gasteiger partial charge in [-0.2, -0.15) is 0 Å². The molecule has 0 saturated carbocycles. The molecule has 0 unspecified atom stereocenters. The van der Waals surface area contributed by atoms with Crippen molar-refractivity contribution in [3.63, 3.8) is 0 Å². The number of carbonyl (C=O) groups excluding carboxylic acids is 3. The summed E-state index contributed by atoms with van der Waals surface area (Å²) in [6.45, 7) is -0.377. The standard InChI is InChI=1S/C20H19NO5S/c22-15(12-6-7-16-14(8-12)21-19(23)11-25-16)10-26-20(24)18-9-13-4-2-1-3-5-17(13)27-18/h6-9H,1-5,10-11H2,(H,21,23). The van der Waals surface area contributed by atoms with Crippen LogP contribution in [0.5, 0.6) is 5.75 Å². The first-order valence-electron chi connectivity index (χ1n) is 8.99. The largest absolute Gasteiger partial charge is 0.482 e. The zero-order chi connectivity index (χ0) is 18.8. The maximum Gasteiger partial charge on any atom is 0.348 e. The van der Waals surface area contributed by atoms with Gasteiger partial charge in [-0.15, -0.1) is 11.3 Å². The summed E-state index contributed by atoms with van der Waals surface area (Å²) in [6.07, 6.45) is 5.53. The van der Waals surface area contributed by atoms with Gasteiger partial charge in [-0.3, -0.25) is 9.59 Å². The van der Waals surface area contributed by atoms with E-state index < -0.39 is 5.97 Å². The fourth-order valence-electron chi connectivity index (χ4n) is 3.31.